The Hall–Kier alpha value is -2.00. The second kappa shape index (κ2) is 4.02. The highest BCUT2D eigenvalue weighted by atomic mass is 17.1. The topological polar surface area (TPSA) is 49.7 Å². The van der Waals surface area contributed by atoms with Crippen molar-refractivity contribution in [2.45, 2.75) is 0 Å². The van der Waals surface area contributed by atoms with Crippen LogP contribution >= 0.6 is 0 Å². The van der Waals surface area contributed by atoms with Gasteiger partial charge in [-0.1, -0.05) is 24.3 Å². The van der Waals surface area contributed by atoms with Gasteiger partial charge in [0.2, 0.25) is 0 Å². The normalized spacial score (nSPS) is 9.93. The molecule has 0 amide bonds. The molecule has 0 aliphatic heterocycles. The minimum atomic E-state index is 0.245. The average Bonchev–Trinajstić information content (AvgIpc) is 2.30. The van der Waals surface area contributed by atoms with E-state index in [-0.39, 0.29) is 5.75 Å². The van der Waals surface area contributed by atoms with Crippen molar-refractivity contribution in [1.82, 2.24) is 0 Å². The zero-order valence-electron chi connectivity index (χ0n) is 7.92. The quantitative estimate of drug-likeness (QED) is 0.581. The van der Waals surface area contributed by atoms with Crippen LogP contribution in [0.3, 0.4) is 0 Å². The first kappa shape index (κ1) is 9.55. The number of phenolic OH excluding ortho intramolecular Hbond substituents is 1. The maximum absolute atomic E-state index is 9.13. The van der Waals surface area contributed by atoms with Crippen molar-refractivity contribution in [1.29, 1.82) is 0 Å². The van der Waals surface area contributed by atoms with Crippen LogP contribution in [0, 0.1) is 0 Å². The molecule has 15 heavy (non-hydrogen) atoms. The van der Waals surface area contributed by atoms with E-state index in [9.17, 15) is 0 Å². The summed E-state index contributed by atoms with van der Waals surface area (Å²) in [6.07, 6.45) is 0. The molecule has 0 unspecified atom stereocenters. The van der Waals surface area contributed by atoms with E-state index in [1.165, 1.54) is 0 Å². The van der Waals surface area contributed by atoms with Gasteiger partial charge in [0.15, 0.2) is 5.75 Å². The Kier molecular flexibility index (Phi) is 2.56. The first-order chi connectivity index (χ1) is 7.29. The Morgan fingerprint density at radius 1 is 0.733 bits per heavy atom. The second-order valence-electron chi connectivity index (χ2n) is 3.16. The Bertz CT molecular complexity index is 431. The maximum Gasteiger partial charge on any atom is 0.165 e. The van der Waals surface area contributed by atoms with Crippen LogP contribution in [0.2, 0.25) is 0 Å². The van der Waals surface area contributed by atoms with Crippen molar-refractivity contribution in [2.24, 2.45) is 0 Å². The number of hydrogen-bond donors (Lipinski definition) is 2. The van der Waals surface area contributed by atoms with Crippen LogP contribution in [0.4, 0.5) is 0 Å². The molecular weight excluding hydrogens is 192 g/mol. The van der Waals surface area contributed by atoms with E-state index in [0.717, 1.165) is 11.1 Å². The summed E-state index contributed by atoms with van der Waals surface area (Å²) < 4.78 is 0. The van der Waals surface area contributed by atoms with Gasteiger partial charge < -0.3 is 9.99 Å². The minimum Gasteiger partial charge on any atom is -0.508 e. The maximum atomic E-state index is 9.13. The summed E-state index contributed by atoms with van der Waals surface area (Å²) in [4.78, 5) is 4.08. The molecule has 76 valence electrons. The molecule has 3 heteroatoms. The van der Waals surface area contributed by atoms with Crippen molar-refractivity contribution in [3.63, 3.8) is 0 Å². The molecule has 0 radical (unpaired) electrons. The predicted octanol–water partition coefficient (Wildman–Crippen LogP) is 2.91. The summed E-state index contributed by atoms with van der Waals surface area (Å²) in [5.74, 6) is 0.645. The molecule has 2 rings (SSSR count). The smallest absolute Gasteiger partial charge is 0.165 e. The molecule has 0 bridgehead atoms. The third kappa shape index (κ3) is 2.08. The predicted molar refractivity (Wildman–Crippen MR) is 56.8 cm³/mol. The zero-order valence-corrected chi connectivity index (χ0v) is 7.92. The van der Waals surface area contributed by atoms with Crippen molar-refractivity contribution in [2.75, 3.05) is 0 Å². The highest BCUT2D eigenvalue weighted by molar-refractivity contribution is 5.64. The van der Waals surface area contributed by atoms with Crippen molar-refractivity contribution >= 4 is 0 Å². The van der Waals surface area contributed by atoms with Crippen LogP contribution in [0.5, 0.6) is 11.5 Å². The molecule has 2 aromatic rings. The Morgan fingerprint density at radius 2 is 1.20 bits per heavy atom. The molecule has 2 aromatic carbocycles. The molecule has 0 aliphatic rings. The van der Waals surface area contributed by atoms with Gasteiger partial charge in [-0.25, -0.2) is 5.26 Å². The van der Waals surface area contributed by atoms with E-state index in [1.807, 2.05) is 24.3 Å². The SMILES string of the molecule is OOc1ccc(-c2ccc(O)cc2)cc1. The zero-order chi connectivity index (χ0) is 10.7. The van der Waals surface area contributed by atoms with E-state index in [4.69, 9.17) is 10.4 Å². The van der Waals surface area contributed by atoms with Crippen LogP contribution in [-0.4, -0.2) is 10.4 Å². The molecular formula is C12H10O3. The first-order valence-electron chi connectivity index (χ1n) is 4.50. The van der Waals surface area contributed by atoms with E-state index in [0.29, 0.717) is 5.75 Å². The molecule has 0 saturated carbocycles. The number of hydrogen-bond acceptors (Lipinski definition) is 3. The van der Waals surface area contributed by atoms with Gasteiger partial charge in [0.25, 0.3) is 0 Å². The van der Waals surface area contributed by atoms with Gasteiger partial charge >= 0.3 is 0 Å². The van der Waals surface area contributed by atoms with E-state index in [2.05, 4.69) is 4.89 Å². The van der Waals surface area contributed by atoms with Crippen LogP contribution in [-0.2, 0) is 0 Å². The lowest BCUT2D eigenvalue weighted by molar-refractivity contribution is -0.137. The third-order valence-corrected chi connectivity index (χ3v) is 2.16. The van der Waals surface area contributed by atoms with E-state index >= 15 is 0 Å². The molecule has 0 aliphatic carbocycles. The largest absolute Gasteiger partial charge is 0.508 e. The van der Waals surface area contributed by atoms with Gasteiger partial charge in [-0.05, 0) is 35.4 Å². The number of aromatic hydroxyl groups is 1. The molecule has 0 heterocycles. The standard InChI is InChI=1S/C12H10O3/c13-11-5-1-9(2-6-11)10-3-7-12(15-14)8-4-10/h1-8,13-14H. The van der Waals surface area contributed by atoms with Gasteiger partial charge in [0, 0.05) is 0 Å². The lowest BCUT2D eigenvalue weighted by Gasteiger charge is -2.02. The first-order valence-corrected chi connectivity index (χ1v) is 4.50. The van der Waals surface area contributed by atoms with Gasteiger partial charge in [-0.15, -0.1) is 0 Å². The lowest BCUT2D eigenvalue weighted by Crippen LogP contribution is -1.83. The van der Waals surface area contributed by atoms with Gasteiger partial charge in [-0.3, -0.25) is 0 Å². The highest BCUT2D eigenvalue weighted by Gasteiger charge is 1.98. The Balaban J connectivity index is 2.33. The highest BCUT2D eigenvalue weighted by Crippen LogP contribution is 2.23. The number of rotatable bonds is 2. The van der Waals surface area contributed by atoms with Crippen LogP contribution in [0.25, 0.3) is 11.1 Å². The number of phenols is 1. The van der Waals surface area contributed by atoms with Crippen molar-refractivity contribution in [3.05, 3.63) is 48.5 Å². The van der Waals surface area contributed by atoms with Gasteiger partial charge in [0.1, 0.15) is 5.75 Å². The summed E-state index contributed by atoms with van der Waals surface area (Å²) >= 11 is 0. The Morgan fingerprint density at radius 3 is 1.67 bits per heavy atom. The summed E-state index contributed by atoms with van der Waals surface area (Å²) in [7, 11) is 0. The molecule has 0 aromatic heterocycles. The summed E-state index contributed by atoms with van der Waals surface area (Å²) in [6, 6.07) is 13.9. The fraction of sp³-hybridized carbons (Fsp3) is 0. The van der Waals surface area contributed by atoms with Crippen LogP contribution in [0.15, 0.2) is 48.5 Å². The fourth-order valence-electron chi connectivity index (χ4n) is 1.36. The van der Waals surface area contributed by atoms with Crippen molar-refractivity contribution < 1.29 is 15.3 Å². The number of benzene rings is 2. The fourth-order valence-corrected chi connectivity index (χ4v) is 1.36. The summed E-state index contributed by atoms with van der Waals surface area (Å²) in [5, 5.41) is 17.5. The second-order valence-corrected chi connectivity index (χ2v) is 3.16. The third-order valence-electron chi connectivity index (χ3n) is 2.16. The molecule has 0 atom stereocenters. The van der Waals surface area contributed by atoms with E-state index < -0.39 is 0 Å². The molecule has 0 spiro atoms. The van der Waals surface area contributed by atoms with Crippen LogP contribution < -0.4 is 4.89 Å². The van der Waals surface area contributed by atoms with E-state index in [1.54, 1.807) is 24.3 Å². The monoisotopic (exact) mass is 202 g/mol. The Labute approximate surface area is 87.1 Å². The van der Waals surface area contributed by atoms with Crippen LogP contribution in [0.1, 0.15) is 0 Å². The summed E-state index contributed by atoms with van der Waals surface area (Å²) in [5.41, 5.74) is 1.99. The average molecular weight is 202 g/mol. The minimum absolute atomic E-state index is 0.245. The lowest BCUT2D eigenvalue weighted by atomic mass is 10.1. The van der Waals surface area contributed by atoms with Gasteiger partial charge in [-0.2, -0.15) is 0 Å². The molecule has 0 fully saturated rings. The summed E-state index contributed by atoms with van der Waals surface area (Å²) in [6.45, 7) is 0. The molecule has 0 saturated heterocycles. The van der Waals surface area contributed by atoms with Crippen molar-refractivity contribution in [3.8, 4) is 22.6 Å². The van der Waals surface area contributed by atoms with Gasteiger partial charge in [0.05, 0.1) is 0 Å². The molecule has 3 nitrogen and oxygen atoms in total. The molecule has 2 N–H and O–H groups in total.